The third-order valence-corrected chi connectivity index (χ3v) is 1.10. The molecule has 0 radical (unpaired) electrons. The van der Waals surface area contributed by atoms with Crippen LogP contribution in [0.4, 0.5) is 0 Å². The van der Waals surface area contributed by atoms with Gasteiger partial charge >= 0.3 is 37.7 Å². The monoisotopic (exact) mass is 141 g/mol. The minimum atomic E-state index is 0. The van der Waals surface area contributed by atoms with Gasteiger partial charge in [0.05, 0.1) is 0 Å². The Hall–Kier alpha value is 1.15. The topological polar surface area (TPSA) is 12.0 Å². The third-order valence-electron chi connectivity index (χ3n) is 1.10. The molecule has 0 saturated carbocycles. The van der Waals surface area contributed by atoms with E-state index in [4.69, 9.17) is 0 Å². The SMILES string of the molecule is C[C-](C)CCN[C-](C)C.[Li+].[Li+]. The molecule has 0 rings (SSSR count). The Morgan fingerprint density at radius 3 is 1.73 bits per heavy atom. The predicted octanol–water partition coefficient (Wildman–Crippen LogP) is -3.84. The molecule has 0 amide bonds. The van der Waals surface area contributed by atoms with E-state index < -0.39 is 0 Å². The van der Waals surface area contributed by atoms with Crippen LogP contribution >= 0.6 is 0 Å². The summed E-state index contributed by atoms with van der Waals surface area (Å²) in [4.78, 5) is 0. The second-order valence-electron chi connectivity index (χ2n) is 2.88. The van der Waals surface area contributed by atoms with E-state index in [1.165, 1.54) is 18.4 Å². The van der Waals surface area contributed by atoms with Gasteiger partial charge in [-0.05, 0) is 0 Å². The van der Waals surface area contributed by atoms with Crippen molar-refractivity contribution in [1.82, 2.24) is 5.32 Å². The second-order valence-corrected chi connectivity index (χ2v) is 2.88. The van der Waals surface area contributed by atoms with Crippen molar-refractivity contribution in [3.8, 4) is 0 Å². The molecular formula is C8H17Li2N. The van der Waals surface area contributed by atoms with E-state index in [2.05, 4.69) is 33.0 Å². The smallest absolute Gasteiger partial charge is 0.470 e. The van der Waals surface area contributed by atoms with Gasteiger partial charge in [0.25, 0.3) is 0 Å². The van der Waals surface area contributed by atoms with Gasteiger partial charge in [0, 0.05) is 0 Å². The van der Waals surface area contributed by atoms with Crippen molar-refractivity contribution in [2.24, 2.45) is 0 Å². The van der Waals surface area contributed by atoms with Crippen molar-refractivity contribution in [1.29, 1.82) is 0 Å². The molecule has 0 aliphatic carbocycles. The first-order chi connectivity index (χ1) is 4.13. The van der Waals surface area contributed by atoms with E-state index >= 15 is 0 Å². The van der Waals surface area contributed by atoms with Crippen LogP contribution in [0.5, 0.6) is 0 Å². The van der Waals surface area contributed by atoms with Gasteiger partial charge in [-0.2, -0.15) is 34.1 Å². The molecule has 11 heavy (non-hydrogen) atoms. The zero-order chi connectivity index (χ0) is 7.28. The average Bonchev–Trinajstić information content (AvgIpc) is 1.63. The van der Waals surface area contributed by atoms with Crippen molar-refractivity contribution >= 4 is 0 Å². The molecule has 0 aliphatic heterocycles. The van der Waals surface area contributed by atoms with Crippen molar-refractivity contribution in [3.63, 3.8) is 0 Å². The fourth-order valence-electron chi connectivity index (χ4n) is 0.562. The van der Waals surface area contributed by atoms with E-state index in [-0.39, 0.29) is 37.7 Å². The molecule has 0 atom stereocenters. The van der Waals surface area contributed by atoms with Crippen molar-refractivity contribution in [2.75, 3.05) is 6.54 Å². The number of hydrogen-bond donors (Lipinski definition) is 1. The molecule has 0 spiro atoms. The fraction of sp³-hybridized carbons (Fsp3) is 0.750. The van der Waals surface area contributed by atoms with Gasteiger partial charge < -0.3 is 11.2 Å². The Morgan fingerprint density at radius 1 is 1.00 bits per heavy atom. The molecule has 56 valence electrons. The Labute approximate surface area is 95.4 Å². The maximum absolute atomic E-state index is 3.27. The van der Waals surface area contributed by atoms with Crippen LogP contribution in [-0.2, 0) is 0 Å². The van der Waals surface area contributed by atoms with E-state index in [1.807, 2.05) is 0 Å². The van der Waals surface area contributed by atoms with E-state index in [0.717, 1.165) is 6.54 Å². The summed E-state index contributed by atoms with van der Waals surface area (Å²) >= 11 is 0. The summed E-state index contributed by atoms with van der Waals surface area (Å²) in [6.07, 6.45) is 1.19. The molecule has 0 aromatic rings. The van der Waals surface area contributed by atoms with Crippen LogP contribution in [-0.4, -0.2) is 6.54 Å². The summed E-state index contributed by atoms with van der Waals surface area (Å²) in [6, 6.07) is 1.30. The molecule has 0 bridgehead atoms. The standard InChI is InChI=1S/C8H17N.2Li/c1-7(2)5-6-9-8(3)4;;/h9H,5-6H2,1-4H3;;/q-2;2*+1. The molecule has 0 saturated heterocycles. The molecule has 0 aliphatic rings. The Morgan fingerprint density at radius 2 is 1.45 bits per heavy atom. The van der Waals surface area contributed by atoms with E-state index in [0.29, 0.717) is 0 Å². The Bertz CT molecular complexity index is 57.1. The number of nitrogens with one attached hydrogen (secondary N) is 1. The maximum Gasteiger partial charge on any atom is 1.00 e. The fourth-order valence-corrected chi connectivity index (χ4v) is 0.562. The van der Waals surface area contributed by atoms with E-state index in [9.17, 15) is 0 Å². The van der Waals surface area contributed by atoms with Crippen LogP contribution in [0.15, 0.2) is 0 Å². The minimum Gasteiger partial charge on any atom is -0.470 e. The molecule has 0 aromatic heterocycles. The minimum absolute atomic E-state index is 0. The van der Waals surface area contributed by atoms with Crippen LogP contribution in [0.1, 0.15) is 34.1 Å². The normalized spacial score (nSPS) is 9.27. The third kappa shape index (κ3) is 18.3. The molecule has 1 nitrogen and oxygen atoms in total. The molecule has 0 unspecified atom stereocenters. The molecular weight excluding hydrogens is 124 g/mol. The van der Waals surface area contributed by atoms with Crippen molar-refractivity contribution < 1.29 is 37.7 Å². The van der Waals surface area contributed by atoms with Crippen LogP contribution in [0.25, 0.3) is 0 Å². The van der Waals surface area contributed by atoms with Gasteiger partial charge in [-0.15, -0.1) is 0 Å². The molecule has 0 aromatic carbocycles. The summed E-state index contributed by atoms with van der Waals surface area (Å²) in [5.41, 5.74) is 0. The maximum atomic E-state index is 3.27. The van der Waals surface area contributed by atoms with Crippen molar-refractivity contribution in [3.05, 3.63) is 12.0 Å². The number of rotatable bonds is 4. The summed E-state index contributed by atoms with van der Waals surface area (Å²) < 4.78 is 0. The van der Waals surface area contributed by atoms with Crippen molar-refractivity contribution in [2.45, 2.75) is 34.1 Å². The van der Waals surface area contributed by atoms with Gasteiger partial charge in [0.1, 0.15) is 0 Å². The summed E-state index contributed by atoms with van der Waals surface area (Å²) in [5.74, 6) is 1.49. The first kappa shape index (κ1) is 18.0. The zero-order valence-corrected chi connectivity index (χ0v) is 8.91. The largest absolute Gasteiger partial charge is 1.00 e. The number of hydrogen-bond acceptors (Lipinski definition) is 1. The Balaban J connectivity index is -0.000000320. The van der Waals surface area contributed by atoms with Gasteiger partial charge in [0.15, 0.2) is 0 Å². The van der Waals surface area contributed by atoms with Gasteiger partial charge in [0.2, 0.25) is 0 Å². The zero-order valence-electron chi connectivity index (χ0n) is 8.91. The van der Waals surface area contributed by atoms with Crippen LogP contribution in [0, 0.1) is 12.0 Å². The second kappa shape index (κ2) is 11.2. The van der Waals surface area contributed by atoms with Gasteiger partial charge in [-0.3, -0.25) is 6.04 Å². The predicted molar refractivity (Wildman–Crippen MR) is 41.8 cm³/mol. The average molecular weight is 141 g/mol. The molecule has 0 heterocycles. The van der Waals surface area contributed by atoms with Crippen LogP contribution < -0.4 is 43.0 Å². The summed E-state index contributed by atoms with van der Waals surface area (Å²) in [6.45, 7) is 9.58. The van der Waals surface area contributed by atoms with Gasteiger partial charge in [-0.25, -0.2) is 0 Å². The molecule has 1 N–H and O–H groups in total. The van der Waals surface area contributed by atoms with E-state index in [1.54, 1.807) is 0 Å². The van der Waals surface area contributed by atoms with Crippen LogP contribution in [0.3, 0.4) is 0 Å². The first-order valence-corrected chi connectivity index (χ1v) is 3.46. The molecule has 0 fully saturated rings. The Kier molecular flexibility index (Phi) is 18.3. The quantitative estimate of drug-likeness (QED) is 0.312. The summed E-state index contributed by atoms with van der Waals surface area (Å²) in [5, 5.41) is 3.27. The van der Waals surface area contributed by atoms with Crippen LogP contribution in [0.2, 0.25) is 0 Å². The summed E-state index contributed by atoms with van der Waals surface area (Å²) in [7, 11) is 0. The first-order valence-electron chi connectivity index (χ1n) is 3.46. The molecule has 3 heteroatoms. The van der Waals surface area contributed by atoms with Gasteiger partial charge in [-0.1, -0.05) is 6.54 Å².